The van der Waals surface area contributed by atoms with Crippen molar-refractivity contribution in [2.75, 3.05) is 53.6 Å². The van der Waals surface area contributed by atoms with Gasteiger partial charge < -0.3 is 51.9 Å². The third-order valence-electron chi connectivity index (χ3n) is 11.1. The van der Waals surface area contributed by atoms with Crippen molar-refractivity contribution in [2.45, 2.75) is 77.0 Å². The van der Waals surface area contributed by atoms with E-state index in [2.05, 4.69) is 57.5 Å². The number of hydroxylamine groups is 1. The summed E-state index contributed by atoms with van der Waals surface area (Å²) in [4.78, 5) is 86.0. The van der Waals surface area contributed by atoms with Gasteiger partial charge in [-0.25, -0.2) is 15.4 Å². The summed E-state index contributed by atoms with van der Waals surface area (Å²) in [6.45, 7) is 9.96. The van der Waals surface area contributed by atoms with Gasteiger partial charge in [0.25, 0.3) is 5.91 Å². The number of carbonyl (C=O) groups is 5. The second kappa shape index (κ2) is 23.5. The molecular formula is C48H61N11O8. The van der Waals surface area contributed by atoms with Crippen molar-refractivity contribution in [3.05, 3.63) is 94.8 Å². The molecule has 1 aliphatic rings. The lowest BCUT2D eigenvalue weighted by atomic mass is 9.87. The maximum atomic E-state index is 14.8. The van der Waals surface area contributed by atoms with Gasteiger partial charge in [0, 0.05) is 56.0 Å². The van der Waals surface area contributed by atoms with Crippen LogP contribution in [0.15, 0.2) is 66.9 Å². The fourth-order valence-electron chi connectivity index (χ4n) is 7.45. The molecule has 19 heteroatoms. The van der Waals surface area contributed by atoms with E-state index >= 15 is 0 Å². The molecule has 4 atom stereocenters. The first-order valence-electron chi connectivity index (χ1n) is 22.0. The van der Waals surface area contributed by atoms with Crippen LogP contribution in [-0.2, 0) is 35.9 Å². The lowest BCUT2D eigenvalue weighted by Crippen LogP contribution is -2.56. The van der Waals surface area contributed by atoms with Crippen molar-refractivity contribution in [3.8, 4) is 40.1 Å². The van der Waals surface area contributed by atoms with Gasteiger partial charge >= 0.3 is 0 Å². The highest BCUT2D eigenvalue weighted by molar-refractivity contribution is 6.00. The fourth-order valence-corrected chi connectivity index (χ4v) is 7.45. The SMILES string of the molecule is CONCC[C@H](NC(=O)c1cnc(-c2ccc(C(C)(C)C)cc2)nc1C)C(=O)N(C)[C@@H]1C(=O)N[C@@H](C)C(=O)N[C@H](C(=O)NCC#N)Cc2ccc(OCCN)c(c2)-c2cc1ccc2OCCN. The Hall–Kier alpha value is -6.98. The minimum atomic E-state index is -1.41. The second-order valence-corrected chi connectivity index (χ2v) is 17.0. The first kappa shape index (κ1) is 51.0. The summed E-state index contributed by atoms with van der Waals surface area (Å²) in [5, 5.41) is 19.9. The number of hydrogen-bond acceptors (Lipinski definition) is 14. The molecule has 4 aromatic rings. The Bertz CT molecular complexity index is 2450. The molecule has 67 heavy (non-hydrogen) atoms. The Labute approximate surface area is 390 Å². The van der Waals surface area contributed by atoms with Crippen molar-refractivity contribution >= 4 is 29.5 Å². The third-order valence-corrected chi connectivity index (χ3v) is 11.1. The average Bonchev–Trinajstić information content (AvgIpc) is 3.30. The summed E-state index contributed by atoms with van der Waals surface area (Å²) in [5.74, 6) is -2.18. The quantitative estimate of drug-likeness (QED) is 0.0454. The molecule has 0 fully saturated rings. The summed E-state index contributed by atoms with van der Waals surface area (Å²) < 4.78 is 12.2. The number of nitrogens with one attached hydrogen (secondary N) is 5. The van der Waals surface area contributed by atoms with Crippen LogP contribution in [0.3, 0.4) is 0 Å². The maximum absolute atomic E-state index is 14.8. The summed E-state index contributed by atoms with van der Waals surface area (Å²) in [7, 11) is 2.83. The lowest BCUT2D eigenvalue weighted by molar-refractivity contribution is -0.141. The van der Waals surface area contributed by atoms with Crippen molar-refractivity contribution in [2.24, 2.45) is 11.5 Å². The predicted octanol–water partition coefficient (Wildman–Crippen LogP) is 2.12. The molecule has 9 N–H and O–H groups in total. The summed E-state index contributed by atoms with van der Waals surface area (Å²) in [6, 6.07) is 14.9. The van der Waals surface area contributed by atoms with Crippen molar-refractivity contribution in [1.29, 1.82) is 5.26 Å². The molecule has 0 radical (unpaired) electrons. The zero-order chi connectivity index (χ0) is 48.8. The molecule has 1 aromatic heterocycles. The minimum absolute atomic E-state index is 0.00133. The van der Waals surface area contributed by atoms with Gasteiger partial charge in [-0.3, -0.25) is 24.0 Å². The van der Waals surface area contributed by atoms with E-state index in [9.17, 15) is 29.2 Å². The van der Waals surface area contributed by atoms with Gasteiger partial charge in [0.05, 0.1) is 24.4 Å². The Balaban J connectivity index is 1.57. The van der Waals surface area contributed by atoms with Crippen LogP contribution in [0.5, 0.6) is 11.5 Å². The Morgan fingerprint density at radius 2 is 1.61 bits per heavy atom. The number of carbonyl (C=O) groups excluding carboxylic acids is 5. The molecule has 3 aromatic carbocycles. The number of aryl methyl sites for hydroxylation is 1. The molecule has 4 bridgehead atoms. The maximum Gasteiger partial charge on any atom is 0.255 e. The highest BCUT2D eigenvalue weighted by atomic mass is 16.6. The normalized spacial score (nSPS) is 16.6. The number of nitrogens with two attached hydrogens (primary N) is 2. The highest BCUT2D eigenvalue weighted by Crippen LogP contribution is 2.40. The number of ether oxygens (including phenoxy) is 2. The van der Waals surface area contributed by atoms with Crippen LogP contribution in [0, 0.1) is 18.3 Å². The van der Waals surface area contributed by atoms with Crippen LogP contribution in [0.2, 0.25) is 0 Å². The van der Waals surface area contributed by atoms with E-state index in [0.29, 0.717) is 45.3 Å². The number of aromatic nitrogens is 2. The molecule has 19 nitrogen and oxygen atoms in total. The van der Waals surface area contributed by atoms with Crippen LogP contribution in [0.25, 0.3) is 22.5 Å². The van der Waals surface area contributed by atoms with E-state index in [4.69, 9.17) is 25.8 Å². The van der Waals surface area contributed by atoms with Gasteiger partial charge in [-0.15, -0.1) is 0 Å². The molecule has 0 spiro atoms. The number of hydrogen-bond donors (Lipinski definition) is 7. The van der Waals surface area contributed by atoms with Crippen molar-refractivity contribution < 1.29 is 38.3 Å². The van der Waals surface area contributed by atoms with Gasteiger partial charge in [-0.05, 0) is 66.6 Å². The van der Waals surface area contributed by atoms with Gasteiger partial charge in [-0.1, -0.05) is 57.2 Å². The molecule has 1 aliphatic heterocycles. The number of nitriles is 1. The topological polar surface area (TPSA) is 278 Å². The molecule has 0 saturated carbocycles. The molecule has 2 heterocycles. The molecule has 5 rings (SSSR count). The summed E-state index contributed by atoms with van der Waals surface area (Å²) in [6.07, 6.45) is 1.43. The second-order valence-electron chi connectivity index (χ2n) is 17.0. The van der Waals surface area contributed by atoms with Crippen LogP contribution < -0.4 is 47.7 Å². The van der Waals surface area contributed by atoms with Gasteiger partial charge in [0.2, 0.25) is 23.6 Å². The highest BCUT2D eigenvalue weighted by Gasteiger charge is 2.36. The summed E-state index contributed by atoms with van der Waals surface area (Å²) in [5.41, 5.74) is 18.6. The van der Waals surface area contributed by atoms with Crippen LogP contribution in [0.4, 0.5) is 0 Å². The zero-order valence-corrected chi connectivity index (χ0v) is 39.0. The first-order valence-corrected chi connectivity index (χ1v) is 22.0. The third kappa shape index (κ3) is 13.1. The van der Waals surface area contributed by atoms with E-state index in [1.165, 1.54) is 32.2 Å². The first-order chi connectivity index (χ1) is 32.0. The van der Waals surface area contributed by atoms with E-state index < -0.39 is 53.7 Å². The van der Waals surface area contributed by atoms with E-state index in [1.54, 1.807) is 43.3 Å². The van der Waals surface area contributed by atoms with Crippen LogP contribution in [0.1, 0.15) is 72.9 Å². The number of rotatable bonds is 17. The fraction of sp³-hybridized carbons (Fsp3) is 0.417. The van der Waals surface area contributed by atoms with Crippen molar-refractivity contribution in [1.82, 2.24) is 41.6 Å². The monoisotopic (exact) mass is 919 g/mol. The summed E-state index contributed by atoms with van der Waals surface area (Å²) >= 11 is 0. The average molecular weight is 920 g/mol. The molecule has 0 saturated heterocycles. The van der Waals surface area contributed by atoms with Gasteiger partial charge in [0.1, 0.15) is 55.4 Å². The molecule has 5 amide bonds. The number of nitrogens with zero attached hydrogens (tertiary/aromatic N) is 4. The van der Waals surface area contributed by atoms with Crippen LogP contribution >= 0.6 is 0 Å². The minimum Gasteiger partial charge on any atom is -0.492 e. The Kier molecular flexibility index (Phi) is 17.9. The zero-order valence-electron chi connectivity index (χ0n) is 39.0. The van der Waals surface area contributed by atoms with Gasteiger partial charge in [0.15, 0.2) is 5.82 Å². The molecule has 0 aliphatic carbocycles. The number of amides is 5. The molecular weight excluding hydrogens is 859 g/mol. The predicted molar refractivity (Wildman–Crippen MR) is 250 cm³/mol. The lowest BCUT2D eigenvalue weighted by Gasteiger charge is -2.32. The van der Waals surface area contributed by atoms with Crippen LogP contribution in [-0.4, -0.2) is 116 Å². The molecule has 356 valence electrons. The molecule has 0 unspecified atom stereocenters. The number of fused-ring (bicyclic) bond motifs is 5. The van der Waals surface area contributed by atoms with E-state index in [1.807, 2.05) is 30.3 Å². The Morgan fingerprint density at radius 3 is 2.22 bits per heavy atom. The number of likely N-dealkylation sites (N-methyl/N-ethyl adjacent to an activating group) is 1. The Morgan fingerprint density at radius 1 is 0.955 bits per heavy atom. The van der Waals surface area contributed by atoms with E-state index in [0.717, 1.165) is 11.1 Å². The smallest absolute Gasteiger partial charge is 0.255 e. The largest absolute Gasteiger partial charge is 0.492 e. The van der Waals surface area contributed by atoms with Crippen molar-refractivity contribution in [3.63, 3.8) is 0 Å². The van der Waals surface area contributed by atoms with Gasteiger partial charge in [-0.2, -0.15) is 5.26 Å². The standard InChI is InChI=1S/C48H61N11O8/c1-28-36(27-53-42(55-28)31-9-12-33(13-10-31)48(3,4)5)44(61)57-37(16-20-54-65-7)47(64)59(6)41-32-11-15-40(67-23-19-51)35(26-32)34-24-30(8-14-39(34)66-22-18-50)25-38(45(62)52-21-17-49)58-43(60)29(2)56-46(41)63/h8-15,24,26-27,29,37-38,41,54H,16,18-23,25,50-51H2,1-7H3,(H,52,62)(H,56,63)(H,57,61)(H,58,60)/t29-,37-,38-,41-/m0/s1. The van der Waals surface area contributed by atoms with E-state index in [-0.39, 0.29) is 63.2 Å². The number of benzene rings is 3.